The summed E-state index contributed by atoms with van der Waals surface area (Å²) < 4.78 is 71.4. The maximum atomic E-state index is 15.6. The van der Waals surface area contributed by atoms with Crippen LogP contribution in [0.15, 0.2) is 18.2 Å². The molecule has 254 valence electrons. The molecule has 0 radical (unpaired) electrons. The van der Waals surface area contributed by atoms with E-state index in [-0.39, 0.29) is 37.7 Å². The van der Waals surface area contributed by atoms with Gasteiger partial charge in [0.25, 0.3) is 5.91 Å². The molecule has 48 heavy (non-hydrogen) atoms. The second-order valence-electron chi connectivity index (χ2n) is 13.2. The minimum Gasteiger partial charge on any atom is -0.461 e. The maximum Gasteiger partial charge on any atom is 0.418 e. The number of carbonyl (C=O) groups excluding carboxylic acids is 2. The summed E-state index contributed by atoms with van der Waals surface area (Å²) in [4.78, 5) is 38.6. The second-order valence-corrected chi connectivity index (χ2v) is 13.2. The number of ether oxygens (including phenoxy) is 2. The molecule has 0 aliphatic carbocycles. The molecular formula is C33H35F4N7O4. The lowest BCUT2D eigenvalue weighted by atomic mass is 9.88. The topological polar surface area (TPSA) is 135 Å². The van der Waals surface area contributed by atoms with Crippen molar-refractivity contribution in [3.8, 4) is 17.9 Å². The first kappa shape index (κ1) is 32.1. The van der Waals surface area contributed by atoms with Gasteiger partial charge in [0.2, 0.25) is 0 Å². The lowest BCUT2D eigenvalue weighted by Crippen LogP contribution is -2.59. The van der Waals surface area contributed by atoms with E-state index in [1.54, 1.807) is 0 Å². The number of nitrogen functional groups attached to an aromatic ring is 1. The van der Waals surface area contributed by atoms with E-state index < -0.39 is 58.0 Å². The number of alkyl halides is 3. The highest BCUT2D eigenvalue weighted by molar-refractivity contribution is 6.07. The average Bonchev–Trinajstić information content (AvgIpc) is 3.64. The predicted molar refractivity (Wildman–Crippen MR) is 165 cm³/mol. The Labute approximate surface area is 274 Å². The van der Waals surface area contributed by atoms with Crippen molar-refractivity contribution < 1.29 is 36.6 Å². The van der Waals surface area contributed by atoms with Gasteiger partial charge in [0, 0.05) is 36.2 Å². The van der Waals surface area contributed by atoms with E-state index in [0.29, 0.717) is 36.5 Å². The number of urea groups is 1. The third kappa shape index (κ3) is 5.40. The number of nitrogens with zero attached hydrogens (tertiary/aromatic N) is 4. The molecular weight excluding hydrogens is 634 g/mol. The van der Waals surface area contributed by atoms with Gasteiger partial charge in [-0.3, -0.25) is 15.0 Å². The fourth-order valence-corrected chi connectivity index (χ4v) is 7.98. The van der Waals surface area contributed by atoms with E-state index in [1.165, 1.54) is 6.92 Å². The molecule has 15 heteroatoms. The van der Waals surface area contributed by atoms with Crippen molar-refractivity contribution in [1.82, 2.24) is 25.5 Å². The first-order chi connectivity index (χ1) is 22.8. The molecule has 0 saturated carbocycles. The van der Waals surface area contributed by atoms with E-state index in [4.69, 9.17) is 20.2 Å². The van der Waals surface area contributed by atoms with E-state index in [0.717, 1.165) is 44.0 Å². The Balaban J connectivity index is 1.29. The van der Waals surface area contributed by atoms with Crippen LogP contribution in [0.2, 0.25) is 0 Å². The standard InChI is InChI=1S/C33H35F4N7O4/c1-3-6-19-11-21(38)26(34)24(25(19)33(35,36)37)23-12-22-20(15-47-23)27(43-9-5-8-32(16-43)28(45)41-29(46)42-32)40-30(39-22)48-17-31-7-4-10-44(31)14-18(2)13-31/h11,23H,2,4-5,7-10,12-17,38H2,1H3,(H2,41,42,45,46)/t23-,31+,32-/m0/s1. The van der Waals surface area contributed by atoms with E-state index in [2.05, 4.69) is 38.9 Å². The molecule has 6 heterocycles. The number of carbonyl (C=O) groups is 2. The molecule has 1 aromatic heterocycles. The monoisotopic (exact) mass is 669 g/mol. The minimum atomic E-state index is -4.95. The first-order valence-electron chi connectivity index (χ1n) is 15.9. The van der Waals surface area contributed by atoms with Gasteiger partial charge in [-0.1, -0.05) is 18.1 Å². The van der Waals surface area contributed by atoms with Crippen molar-refractivity contribution in [3.63, 3.8) is 0 Å². The molecule has 7 rings (SSSR count). The maximum absolute atomic E-state index is 15.6. The number of hydrogen-bond donors (Lipinski definition) is 3. The number of hydrogen-bond acceptors (Lipinski definition) is 9. The molecule has 4 saturated heterocycles. The molecule has 1 aromatic carbocycles. The summed E-state index contributed by atoms with van der Waals surface area (Å²) in [7, 11) is 0. The molecule has 5 aliphatic heterocycles. The first-order valence-corrected chi connectivity index (χ1v) is 15.9. The van der Waals surface area contributed by atoms with Gasteiger partial charge < -0.3 is 25.4 Å². The van der Waals surface area contributed by atoms with Crippen molar-refractivity contribution in [3.05, 3.63) is 52.0 Å². The number of piperidine rings is 1. The summed E-state index contributed by atoms with van der Waals surface area (Å²) in [5, 5.41) is 5.05. The average molecular weight is 670 g/mol. The Morgan fingerprint density at radius 2 is 2.02 bits per heavy atom. The number of rotatable bonds is 5. The van der Waals surface area contributed by atoms with Gasteiger partial charge in [-0.15, -0.1) is 5.92 Å². The van der Waals surface area contributed by atoms with Crippen LogP contribution < -0.4 is 26.0 Å². The van der Waals surface area contributed by atoms with E-state index >= 15 is 4.39 Å². The smallest absolute Gasteiger partial charge is 0.418 e. The summed E-state index contributed by atoms with van der Waals surface area (Å²) >= 11 is 0. The molecule has 2 aromatic rings. The van der Waals surface area contributed by atoms with Gasteiger partial charge in [-0.2, -0.15) is 23.1 Å². The van der Waals surface area contributed by atoms with Gasteiger partial charge in [-0.25, -0.2) is 9.18 Å². The summed E-state index contributed by atoms with van der Waals surface area (Å²) in [6, 6.07) is 0.302. The van der Waals surface area contributed by atoms with Gasteiger partial charge in [0.15, 0.2) is 5.82 Å². The van der Waals surface area contributed by atoms with Gasteiger partial charge in [0.1, 0.15) is 18.0 Å². The summed E-state index contributed by atoms with van der Waals surface area (Å²) in [5.74, 6) is 3.55. The second kappa shape index (κ2) is 11.6. The quantitative estimate of drug-likeness (QED) is 0.143. The zero-order valence-electron chi connectivity index (χ0n) is 26.4. The number of anilines is 2. The normalized spacial score (nSPS) is 27.0. The molecule has 3 atom stereocenters. The number of imide groups is 1. The number of amides is 3. The Bertz CT molecular complexity index is 1790. The van der Waals surface area contributed by atoms with Crippen LogP contribution in [0.25, 0.3) is 0 Å². The molecule has 4 fully saturated rings. The highest BCUT2D eigenvalue weighted by atomic mass is 19.4. The van der Waals surface area contributed by atoms with Crippen molar-refractivity contribution >= 4 is 23.4 Å². The third-order valence-corrected chi connectivity index (χ3v) is 10.1. The van der Waals surface area contributed by atoms with Crippen molar-refractivity contribution in [2.75, 3.05) is 43.4 Å². The highest BCUT2D eigenvalue weighted by Crippen LogP contribution is 2.45. The van der Waals surface area contributed by atoms with Crippen LogP contribution >= 0.6 is 0 Å². The van der Waals surface area contributed by atoms with Crippen LogP contribution in [0, 0.1) is 17.7 Å². The van der Waals surface area contributed by atoms with E-state index in [1.807, 2.05) is 4.90 Å². The molecule has 0 unspecified atom stereocenters. The van der Waals surface area contributed by atoms with Crippen LogP contribution in [0.3, 0.4) is 0 Å². The fraction of sp³-hybridized carbons (Fsp3) is 0.515. The summed E-state index contributed by atoms with van der Waals surface area (Å²) in [5.41, 5.74) is 3.41. The largest absolute Gasteiger partial charge is 0.461 e. The third-order valence-electron chi connectivity index (χ3n) is 10.1. The van der Waals surface area contributed by atoms with Crippen molar-refractivity contribution in [2.24, 2.45) is 0 Å². The number of benzene rings is 1. The molecule has 1 spiro atoms. The van der Waals surface area contributed by atoms with Gasteiger partial charge >= 0.3 is 18.2 Å². The zero-order chi connectivity index (χ0) is 34.0. The Hall–Kier alpha value is -4.42. The Morgan fingerprint density at radius 1 is 1.23 bits per heavy atom. The summed E-state index contributed by atoms with van der Waals surface area (Å²) in [6.07, 6.45) is -2.97. The van der Waals surface area contributed by atoms with Crippen LogP contribution in [-0.4, -0.2) is 70.7 Å². The van der Waals surface area contributed by atoms with Gasteiger partial charge in [0.05, 0.1) is 41.7 Å². The number of halogens is 4. The minimum absolute atomic E-state index is 0.00398. The predicted octanol–water partition coefficient (Wildman–Crippen LogP) is 3.75. The van der Waals surface area contributed by atoms with E-state index in [9.17, 15) is 22.8 Å². The highest BCUT2D eigenvalue weighted by Gasteiger charge is 2.50. The number of fused-ring (bicyclic) bond motifs is 2. The lowest BCUT2D eigenvalue weighted by molar-refractivity contribution is -0.140. The van der Waals surface area contributed by atoms with Crippen molar-refractivity contribution in [2.45, 2.75) is 75.4 Å². The van der Waals surface area contributed by atoms with Crippen LogP contribution in [0.4, 0.5) is 33.9 Å². The van der Waals surface area contributed by atoms with Crippen LogP contribution in [-0.2, 0) is 28.7 Å². The number of nitrogens with two attached hydrogens (primary N) is 1. The zero-order valence-corrected chi connectivity index (χ0v) is 26.4. The number of nitrogens with one attached hydrogen (secondary N) is 2. The van der Waals surface area contributed by atoms with Crippen LogP contribution in [0.1, 0.15) is 73.1 Å². The molecule has 4 N–H and O–H groups in total. The lowest BCUT2D eigenvalue weighted by Gasteiger charge is -2.40. The Kier molecular flexibility index (Phi) is 7.78. The fourth-order valence-electron chi connectivity index (χ4n) is 7.98. The SMILES string of the molecule is C=C1CN2CCC[C@]2(COc2nc3c(c(N4CCC[C@@]5(C4)NC(=O)NC5=O)n2)CO[C@H](c2c(F)c(N)cc(C#CC)c2C(F)(F)F)C3)C1. The molecule has 5 aliphatic rings. The number of aromatic nitrogens is 2. The van der Waals surface area contributed by atoms with Crippen molar-refractivity contribution in [1.29, 1.82) is 0 Å². The molecule has 3 amide bonds. The molecule has 11 nitrogen and oxygen atoms in total. The summed E-state index contributed by atoms with van der Waals surface area (Å²) in [6.45, 7) is 7.82. The molecule has 0 bridgehead atoms. The van der Waals surface area contributed by atoms with Gasteiger partial charge in [-0.05, 0) is 51.6 Å². The Morgan fingerprint density at radius 3 is 2.75 bits per heavy atom. The van der Waals surface area contributed by atoms with Crippen LogP contribution in [0.5, 0.6) is 6.01 Å².